The molecule has 0 amide bonds. The first-order valence-electron chi connectivity index (χ1n) is 6.12. The van der Waals surface area contributed by atoms with Crippen LogP contribution in [0.4, 0.5) is 0 Å². The Labute approximate surface area is 99.7 Å². The molecule has 0 aliphatic heterocycles. The molecule has 1 fully saturated rings. The van der Waals surface area contributed by atoms with Crippen LogP contribution in [-0.2, 0) is 0 Å². The van der Waals surface area contributed by atoms with E-state index < -0.39 is 0 Å². The maximum Gasteiger partial charge on any atom is 0.171 e. The predicted octanol–water partition coefficient (Wildman–Crippen LogP) is 2.59. The third-order valence-corrected chi connectivity index (χ3v) is 3.56. The maximum absolute atomic E-state index is 11.5. The van der Waals surface area contributed by atoms with E-state index in [4.69, 9.17) is 0 Å². The number of hydrogen-bond donors (Lipinski definition) is 0. The number of ketones is 1. The Morgan fingerprint density at radius 3 is 2.82 bits per heavy atom. The lowest BCUT2D eigenvalue weighted by Crippen LogP contribution is -2.02. The Morgan fingerprint density at radius 2 is 2.12 bits per heavy atom. The van der Waals surface area contributed by atoms with Gasteiger partial charge < -0.3 is 0 Å². The van der Waals surface area contributed by atoms with Crippen LogP contribution in [0.5, 0.6) is 0 Å². The smallest absolute Gasteiger partial charge is 0.171 e. The van der Waals surface area contributed by atoms with Crippen LogP contribution in [0.1, 0.15) is 54.7 Å². The molecule has 0 N–H and O–H groups in total. The molecular formula is C13H15N3O. The molecule has 1 aliphatic carbocycles. The molecule has 0 spiro atoms. The first kappa shape index (κ1) is 10.4. The molecule has 0 saturated heterocycles. The van der Waals surface area contributed by atoms with Gasteiger partial charge in [0.05, 0.1) is 5.56 Å². The monoisotopic (exact) mass is 229 g/mol. The second-order valence-electron chi connectivity index (χ2n) is 4.71. The molecule has 0 radical (unpaired) electrons. The van der Waals surface area contributed by atoms with Gasteiger partial charge in [-0.2, -0.15) is 0 Å². The number of carbonyl (C=O) groups is 1. The van der Waals surface area contributed by atoms with Crippen molar-refractivity contribution in [2.45, 2.75) is 38.5 Å². The number of aromatic nitrogens is 3. The number of fused-ring (bicyclic) bond motifs is 1. The van der Waals surface area contributed by atoms with Crippen molar-refractivity contribution in [3.63, 3.8) is 0 Å². The fourth-order valence-corrected chi connectivity index (χ4v) is 2.67. The zero-order valence-corrected chi connectivity index (χ0v) is 9.89. The van der Waals surface area contributed by atoms with Crippen LogP contribution in [0, 0.1) is 0 Å². The minimum atomic E-state index is 0.0426. The van der Waals surface area contributed by atoms with E-state index in [1.807, 2.05) is 22.7 Å². The fourth-order valence-electron chi connectivity index (χ4n) is 2.67. The van der Waals surface area contributed by atoms with Gasteiger partial charge in [0.15, 0.2) is 11.4 Å². The third-order valence-electron chi connectivity index (χ3n) is 3.56. The quantitative estimate of drug-likeness (QED) is 0.743. The van der Waals surface area contributed by atoms with Crippen LogP contribution < -0.4 is 0 Å². The summed E-state index contributed by atoms with van der Waals surface area (Å²) >= 11 is 0. The Hall–Kier alpha value is -1.71. The molecule has 0 unspecified atom stereocenters. The normalized spacial score (nSPS) is 16.8. The highest BCUT2D eigenvalue weighted by Gasteiger charge is 2.23. The molecular weight excluding hydrogens is 214 g/mol. The summed E-state index contributed by atoms with van der Waals surface area (Å²) < 4.78 is 1.98. The number of nitrogens with zero attached hydrogens (tertiary/aromatic N) is 3. The Morgan fingerprint density at radius 1 is 1.35 bits per heavy atom. The average Bonchev–Trinajstić information content (AvgIpc) is 2.96. The zero-order chi connectivity index (χ0) is 11.8. The molecule has 1 saturated carbocycles. The van der Waals surface area contributed by atoms with Crippen molar-refractivity contribution >= 4 is 11.4 Å². The summed E-state index contributed by atoms with van der Waals surface area (Å²) in [5.74, 6) is 1.56. The highest BCUT2D eigenvalue weighted by molar-refractivity contribution is 5.99. The van der Waals surface area contributed by atoms with Gasteiger partial charge in [-0.05, 0) is 31.9 Å². The van der Waals surface area contributed by atoms with Crippen LogP contribution in [0.25, 0.3) is 5.65 Å². The van der Waals surface area contributed by atoms with Gasteiger partial charge in [-0.3, -0.25) is 9.20 Å². The van der Waals surface area contributed by atoms with Gasteiger partial charge in [0.2, 0.25) is 0 Å². The van der Waals surface area contributed by atoms with Crippen molar-refractivity contribution in [2.75, 3.05) is 0 Å². The van der Waals surface area contributed by atoms with Crippen LogP contribution in [0.15, 0.2) is 18.3 Å². The van der Waals surface area contributed by atoms with Gasteiger partial charge in [0, 0.05) is 12.1 Å². The molecule has 2 heterocycles. The predicted molar refractivity (Wildman–Crippen MR) is 64.2 cm³/mol. The molecule has 4 heteroatoms. The zero-order valence-electron chi connectivity index (χ0n) is 9.89. The largest absolute Gasteiger partial charge is 0.294 e. The lowest BCUT2D eigenvalue weighted by atomic mass is 10.1. The molecule has 0 bridgehead atoms. The minimum Gasteiger partial charge on any atom is -0.294 e. The molecule has 3 rings (SSSR count). The second kappa shape index (κ2) is 3.95. The van der Waals surface area contributed by atoms with Gasteiger partial charge in [0.1, 0.15) is 5.82 Å². The summed E-state index contributed by atoms with van der Waals surface area (Å²) in [7, 11) is 0. The summed E-state index contributed by atoms with van der Waals surface area (Å²) in [6.45, 7) is 1.57. The molecule has 0 aromatic carbocycles. The van der Waals surface area contributed by atoms with E-state index in [1.165, 1.54) is 25.7 Å². The minimum absolute atomic E-state index is 0.0426. The summed E-state index contributed by atoms with van der Waals surface area (Å²) in [4.78, 5) is 11.5. The number of hydrogen-bond acceptors (Lipinski definition) is 3. The molecule has 0 atom stereocenters. The molecule has 1 aliphatic rings. The second-order valence-corrected chi connectivity index (χ2v) is 4.71. The molecule has 17 heavy (non-hydrogen) atoms. The van der Waals surface area contributed by atoms with Crippen LogP contribution in [0.2, 0.25) is 0 Å². The first-order chi connectivity index (χ1) is 8.27. The van der Waals surface area contributed by atoms with Crippen molar-refractivity contribution in [2.24, 2.45) is 0 Å². The topological polar surface area (TPSA) is 47.3 Å². The van der Waals surface area contributed by atoms with E-state index in [-0.39, 0.29) is 5.78 Å². The van der Waals surface area contributed by atoms with Crippen molar-refractivity contribution < 1.29 is 4.79 Å². The van der Waals surface area contributed by atoms with E-state index in [1.54, 1.807) is 6.92 Å². The third kappa shape index (κ3) is 1.64. The number of carbonyl (C=O) groups excluding carboxylic acids is 1. The maximum atomic E-state index is 11.5. The van der Waals surface area contributed by atoms with Crippen LogP contribution in [0.3, 0.4) is 0 Å². The number of pyridine rings is 1. The van der Waals surface area contributed by atoms with Crippen LogP contribution in [-0.4, -0.2) is 20.4 Å². The first-order valence-corrected chi connectivity index (χ1v) is 6.12. The summed E-state index contributed by atoms with van der Waals surface area (Å²) in [6, 6.07) is 3.70. The Bertz CT molecular complexity index is 567. The van der Waals surface area contributed by atoms with Gasteiger partial charge in [-0.15, -0.1) is 10.2 Å². The average molecular weight is 229 g/mol. The number of Topliss-reactive ketones (excluding diaryl/α,β-unsaturated/α-hetero) is 1. The van der Waals surface area contributed by atoms with Gasteiger partial charge >= 0.3 is 0 Å². The van der Waals surface area contributed by atoms with E-state index in [9.17, 15) is 4.79 Å². The van der Waals surface area contributed by atoms with Crippen molar-refractivity contribution in [1.29, 1.82) is 0 Å². The lowest BCUT2D eigenvalue weighted by molar-refractivity contribution is 0.101. The van der Waals surface area contributed by atoms with E-state index >= 15 is 0 Å². The highest BCUT2D eigenvalue weighted by Crippen LogP contribution is 2.33. The van der Waals surface area contributed by atoms with Crippen LogP contribution >= 0.6 is 0 Å². The molecule has 2 aromatic rings. The van der Waals surface area contributed by atoms with Gasteiger partial charge in [-0.1, -0.05) is 12.8 Å². The summed E-state index contributed by atoms with van der Waals surface area (Å²) in [6.07, 6.45) is 6.86. The van der Waals surface area contributed by atoms with Crippen molar-refractivity contribution in [3.8, 4) is 0 Å². The Kier molecular flexibility index (Phi) is 2.42. The van der Waals surface area contributed by atoms with Crippen molar-refractivity contribution in [3.05, 3.63) is 29.7 Å². The molecule has 4 nitrogen and oxygen atoms in total. The molecule has 88 valence electrons. The van der Waals surface area contributed by atoms with Crippen molar-refractivity contribution in [1.82, 2.24) is 14.6 Å². The number of rotatable bonds is 2. The van der Waals surface area contributed by atoms with E-state index in [0.717, 1.165) is 5.82 Å². The van der Waals surface area contributed by atoms with Gasteiger partial charge in [-0.25, -0.2) is 0 Å². The summed E-state index contributed by atoms with van der Waals surface area (Å²) in [5.41, 5.74) is 1.35. The highest BCUT2D eigenvalue weighted by atomic mass is 16.1. The SMILES string of the molecule is CC(=O)c1cccn2c(C3CCCC3)nnc12. The fraction of sp³-hybridized carbons (Fsp3) is 0.462. The van der Waals surface area contributed by atoms with E-state index in [0.29, 0.717) is 17.1 Å². The lowest BCUT2D eigenvalue weighted by Gasteiger charge is -2.06. The Balaban J connectivity index is 2.15. The summed E-state index contributed by atoms with van der Waals surface area (Å²) in [5, 5.41) is 8.46. The standard InChI is InChI=1S/C13H15N3O/c1-9(17)11-7-4-8-16-12(14-15-13(11)16)10-5-2-3-6-10/h4,7-8,10H,2-3,5-6H2,1H3. The van der Waals surface area contributed by atoms with E-state index in [2.05, 4.69) is 10.2 Å². The molecule has 2 aromatic heterocycles. The van der Waals surface area contributed by atoms with Gasteiger partial charge in [0.25, 0.3) is 0 Å².